The Hall–Kier alpha value is -0.510. The van der Waals surface area contributed by atoms with Gasteiger partial charge in [0.2, 0.25) is 0 Å². The van der Waals surface area contributed by atoms with Crippen LogP contribution < -0.4 is 5.32 Å². The lowest BCUT2D eigenvalue weighted by Gasteiger charge is -2.33. The topological polar surface area (TPSA) is 15.3 Å². The number of hydrogen-bond acceptors (Lipinski definition) is 3. The van der Waals surface area contributed by atoms with Crippen molar-refractivity contribution in [1.29, 1.82) is 0 Å². The molecule has 100 valence electrons. The predicted molar refractivity (Wildman–Crippen MR) is 80.3 cm³/mol. The molecule has 18 heavy (non-hydrogen) atoms. The van der Waals surface area contributed by atoms with E-state index in [-0.39, 0.29) is 0 Å². The largest absolute Gasteiger partial charge is 0.315 e. The van der Waals surface area contributed by atoms with E-state index in [2.05, 4.69) is 54.6 Å². The summed E-state index contributed by atoms with van der Waals surface area (Å²) in [6.45, 7) is 8.03. The monoisotopic (exact) mass is 264 g/mol. The molecule has 1 saturated heterocycles. The first-order chi connectivity index (χ1) is 8.76. The molecule has 1 N–H and O–H groups in total. The van der Waals surface area contributed by atoms with Crippen LogP contribution in [0.15, 0.2) is 29.2 Å². The summed E-state index contributed by atoms with van der Waals surface area (Å²) < 4.78 is 0. The van der Waals surface area contributed by atoms with Crippen LogP contribution in [-0.4, -0.2) is 36.8 Å². The molecule has 1 fully saturated rings. The lowest BCUT2D eigenvalue weighted by Crippen LogP contribution is -2.38. The summed E-state index contributed by atoms with van der Waals surface area (Å²) in [7, 11) is 0. The lowest BCUT2D eigenvalue weighted by molar-refractivity contribution is 0.162. The highest BCUT2D eigenvalue weighted by atomic mass is 32.2. The summed E-state index contributed by atoms with van der Waals surface area (Å²) in [4.78, 5) is 3.96. The van der Waals surface area contributed by atoms with Crippen LogP contribution in [0, 0.1) is 0 Å². The lowest BCUT2D eigenvalue weighted by atomic mass is 10.0. The fourth-order valence-corrected chi connectivity index (χ4v) is 3.25. The average molecular weight is 264 g/mol. The summed E-state index contributed by atoms with van der Waals surface area (Å²) in [5.74, 6) is 0. The molecule has 0 radical (unpaired) electrons. The molecule has 0 spiro atoms. The molecule has 0 amide bonds. The molecule has 1 aromatic carbocycles. The molecule has 0 aliphatic carbocycles. The Morgan fingerprint density at radius 1 is 1.39 bits per heavy atom. The number of likely N-dealkylation sites (N-methyl/N-ethyl adjacent to an activating group) is 1. The highest BCUT2D eigenvalue weighted by Gasteiger charge is 2.25. The van der Waals surface area contributed by atoms with Crippen LogP contribution >= 0.6 is 11.8 Å². The van der Waals surface area contributed by atoms with Crippen LogP contribution in [0.1, 0.15) is 31.9 Å². The SMILES string of the molecule is CCN(C1CCNC1)C(C)c1ccc(SC)cc1. The van der Waals surface area contributed by atoms with Gasteiger partial charge in [0.25, 0.3) is 0 Å². The first-order valence-electron chi connectivity index (χ1n) is 6.86. The number of hydrogen-bond donors (Lipinski definition) is 1. The van der Waals surface area contributed by atoms with Crippen molar-refractivity contribution in [3.05, 3.63) is 29.8 Å². The van der Waals surface area contributed by atoms with Gasteiger partial charge >= 0.3 is 0 Å². The number of nitrogens with one attached hydrogen (secondary N) is 1. The van der Waals surface area contributed by atoms with Crippen LogP contribution in [0.5, 0.6) is 0 Å². The molecule has 0 aromatic heterocycles. The smallest absolute Gasteiger partial charge is 0.0323 e. The van der Waals surface area contributed by atoms with E-state index in [1.54, 1.807) is 11.8 Å². The van der Waals surface area contributed by atoms with Gasteiger partial charge in [-0.2, -0.15) is 0 Å². The van der Waals surface area contributed by atoms with Gasteiger partial charge < -0.3 is 5.32 Å². The van der Waals surface area contributed by atoms with Gasteiger partial charge in [0.1, 0.15) is 0 Å². The summed E-state index contributed by atoms with van der Waals surface area (Å²) in [5, 5.41) is 3.47. The van der Waals surface area contributed by atoms with Crippen molar-refractivity contribution in [3.8, 4) is 0 Å². The third-order valence-electron chi connectivity index (χ3n) is 3.96. The second-order valence-electron chi connectivity index (χ2n) is 4.93. The third-order valence-corrected chi connectivity index (χ3v) is 4.71. The fraction of sp³-hybridized carbons (Fsp3) is 0.600. The van der Waals surface area contributed by atoms with E-state index in [0.717, 1.165) is 13.1 Å². The van der Waals surface area contributed by atoms with E-state index in [1.807, 2.05) is 0 Å². The summed E-state index contributed by atoms with van der Waals surface area (Å²) in [6, 6.07) is 10.2. The first kappa shape index (κ1) is 13.9. The maximum atomic E-state index is 3.47. The molecule has 2 rings (SSSR count). The Morgan fingerprint density at radius 3 is 2.61 bits per heavy atom. The normalized spacial score (nSPS) is 21.4. The van der Waals surface area contributed by atoms with Crippen LogP contribution in [0.2, 0.25) is 0 Å². The van der Waals surface area contributed by atoms with Crippen molar-refractivity contribution in [2.45, 2.75) is 37.2 Å². The molecule has 2 unspecified atom stereocenters. The Balaban J connectivity index is 2.09. The van der Waals surface area contributed by atoms with Gasteiger partial charge in [-0.1, -0.05) is 19.1 Å². The third kappa shape index (κ3) is 3.08. The van der Waals surface area contributed by atoms with Crippen molar-refractivity contribution < 1.29 is 0 Å². The standard InChI is InChI=1S/C15H24N2S/c1-4-17(14-9-10-16-11-14)12(2)13-5-7-15(18-3)8-6-13/h5-8,12,14,16H,4,9-11H2,1-3H3. The van der Waals surface area contributed by atoms with Gasteiger partial charge in [-0.15, -0.1) is 11.8 Å². The second kappa shape index (κ2) is 6.60. The minimum Gasteiger partial charge on any atom is -0.315 e. The quantitative estimate of drug-likeness (QED) is 0.823. The van der Waals surface area contributed by atoms with Crippen LogP contribution in [0.3, 0.4) is 0 Å². The molecule has 3 heteroatoms. The summed E-state index contributed by atoms with van der Waals surface area (Å²) in [6.07, 6.45) is 3.40. The average Bonchev–Trinajstić information content (AvgIpc) is 2.93. The zero-order valence-electron chi connectivity index (χ0n) is 11.6. The van der Waals surface area contributed by atoms with Crippen molar-refractivity contribution in [3.63, 3.8) is 0 Å². The van der Waals surface area contributed by atoms with Crippen LogP contribution in [0.25, 0.3) is 0 Å². The Bertz CT molecular complexity index is 357. The molecular formula is C15H24N2S. The van der Waals surface area contributed by atoms with Crippen LogP contribution in [0.4, 0.5) is 0 Å². The van der Waals surface area contributed by atoms with E-state index in [9.17, 15) is 0 Å². The Morgan fingerprint density at radius 2 is 2.11 bits per heavy atom. The summed E-state index contributed by atoms with van der Waals surface area (Å²) >= 11 is 1.81. The minimum atomic E-state index is 0.510. The molecule has 1 aliphatic rings. The number of benzene rings is 1. The second-order valence-corrected chi connectivity index (χ2v) is 5.81. The van der Waals surface area contributed by atoms with Gasteiger partial charge in [-0.05, 0) is 50.4 Å². The highest BCUT2D eigenvalue weighted by molar-refractivity contribution is 7.98. The zero-order chi connectivity index (χ0) is 13.0. The van der Waals surface area contributed by atoms with E-state index in [4.69, 9.17) is 0 Å². The van der Waals surface area contributed by atoms with Gasteiger partial charge in [0, 0.05) is 23.5 Å². The van der Waals surface area contributed by atoms with E-state index in [1.165, 1.54) is 23.4 Å². The van der Waals surface area contributed by atoms with Gasteiger partial charge in [-0.3, -0.25) is 4.90 Å². The predicted octanol–water partition coefficient (Wildman–Crippen LogP) is 3.15. The van der Waals surface area contributed by atoms with E-state index in [0.29, 0.717) is 12.1 Å². The number of thioether (sulfide) groups is 1. The molecule has 1 heterocycles. The molecule has 2 atom stereocenters. The summed E-state index contributed by atoms with van der Waals surface area (Å²) in [5.41, 5.74) is 1.43. The Kier molecular flexibility index (Phi) is 5.10. The van der Waals surface area contributed by atoms with Gasteiger partial charge in [0.15, 0.2) is 0 Å². The zero-order valence-corrected chi connectivity index (χ0v) is 12.5. The fourth-order valence-electron chi connectivity index (χ4n) is 2.84. The molecule has 2 nitrogen and oxygen atoms in total. The van der Waals surface area contributed by atoms with E-state index < -0.39 is 0 Å². The highest BCUT2D eigenvalue weighted by Crippen LogP contribution is 2.26. The van der Waals surface area contributed by atoms with Crippen LogP contribution in [-0.2, 0) is 0 Å². The van der Waals surface area contributed by atoms with Crippen molar-refractivity contribution in [2.24, 2.45) is 0 Å². The first-order valence-corrected chi connectivity index (χ1v) is 8.09. The molecule has 0 bridgehead atoms. The Labute approximate surface area is 115 Å². The van der Waals surface area contributed by atoms with Crippen molar-refractivity contribution >= 4 is 11.8 Å². The van der Waals surface area contributed by atoms with Gasteiger partial charge in [0.05, 0.1) is 0 Å². The molecule has 1 aliphatic heterocycles. The number of rotatable bonds is 5. The minimum absolute atomic E-state index is 0.510. The van der Waals surface area contributed by atoms with E-state index >= 15 is 0 Å². The molecular weight excluding hydrogens is 240 g/mol. The number of nitrogens with zero attached hydrogens (tertiary/aromatic N) is 1. The molecule has 0 saturated carbocycles. The van der Waals surface area contributed by atoms with Gasteiger partial charge in [-0.25, -0.2) is 0 Å². The maximum Gasteiger partial charge on any atom is 0.0323 e. The maximum absolute atomic E-state index is 3.47. The van der Waals surface area contributed by atoms with Crippen molar-refractivity contribution in [2.75, 3.05) is 25.9 Å². The molecule has 1 aromatic rings. The van der Waals surface area contributed by atoms with Crippen molar-refractivity contribution in [1.82, 2.24) is 10.2 Å².